The summed E-state index contributed by atoms with van der Waals surface area (Å²) in [6.45, 7) is 8.55. The van der Waals surface area contributed by atoms with Crippen molar-refractivity contribution in [3.05, 3.63) is 41.5 Å². The third kappa shape index (κ3) is 2.21. The number of aromatic nitrogens is 3. The molecule has 2 aromatic heterocycles. The van der Waals surface area contributed by atoms with Gasteiger partial charge in [-0.25, -0.2) is 0 Å². The van der Waals surface area contributed by atoms with Crippen LogP contribution in [0.1, 0.15) is 36.6 Å². The second kappa shape index (κ2) is 5.05. The number of nitrogens with zero attached hydrogens (tertiary/aromatic N) is 3. The first-order chi connectivity index (χ1) is 8.58. The first kappa shape index (κ1) is 14.2. The summed E-state index contributed by atoms with van der Waals surface area (Å²) in [5, 5.41) is 0. The van der Waals surface area contributed by atoms with Gasteiger partial charge < -0.3 is 14.4 Å². The van der Waals surface area contributed by atoms with Gasteiger partial charge in [0.2, 0.25) is 0 Å². The number of aryl methyl sites for hydroxylation is 2. The molecule has 0 atom stereocenters. The normalized spacial score (nSPS) is 11.2. The Morgan fingerprint density at radius 3 is 2.63 bits per heavy atom. The van der Waals surface area contributed by atoms with Crippen LogP contribution < -0.4 is 0 Å². The van der Waals surface area contributed by atoms with Crippen molar-refractivity contribution >= 4 is 16.6 Å². The molecule has 0 unspecified atom stereocenters. The molecule has 0 fully saturated rings. The quantitative estimate of drug-likeness (QED) is 0.563. The first-order valence-corrected chi connectivity index (χ1v) is 6.23. The van der Waals surface area contributed by atoms with E-state index in [1.165, 1.54) is 11.1 Å². The predicted molar refractivity (Wildman–Crippen MR) is 72.9 cm³/mol. The maximum Gasteiger partial charge on any atom is 0.0834 e. The van der Waals surface area contributed by atoms with Crippen LogP contribution in [-0.4, -0.2) is 14.4 Å². The van der Waals surface area contributed by atoms with Crippen molar-refractivity contribution in [3.63, 3.8) is 0 Å². The summed E-state index contributed by atoms with van der Waals surface area (Å²) in [5.41, 5.74) is 6.66. The topological polar surface area (TPSA) is 30.2 Å². The molecule has 0 aliphatic carbocycles. The van der Waals surface area contributed by atoms with Crippen molar-refractivity contribution in [3.8, 4) is 0 Å². The third-order valence-electron chi connectivity index (χ3n) is 3.48. The molecule has 3 rings (SSSR count). The second-order valence-corrected chi connectivity index (χ2v) is 5.12. The number of hydrogen-bond donors (Lipinski definition) is 0. The Bertz CT molecular complexity index is 744. The largest absolute Gasteiger partial charge is 0.381 e. The number of fused-ring (bicyclic) bond motifs is 3. The van der Waals surface area contributed by atoms with Crippen molar-refractivity contribution in [1.29, 1.82) is 0 Å². The van der Waals surface area contributed by atoms with Gasteiger partial charge in [0, 0.05) is 26.6 Å². The van der Waals surface area contributed by atoms with E-state index in [1.807, 2.05) is 13.3 Å². The van der Waals surface area contributed by atoms with Crippen LogP contribution in [0.15, 0.2) is 18.5 Å². The summed E-state index contributed by atoms with van der Waals surface area (Å²) in [7, 11) is 0. The molecule has 3 aromatic rings. The van der Waals surface area contributed by atoms with Crippen molar-refractivity contribution < 1.29 is 21.1 Å². The van der Waals surface area contributed by atoms with Gasteiger partial charge in [0.15, 0.2) is 0 Å². The van der Waals surface area contributed by atoms with E-state index in [0.29, 0.717) is 5.92 Å². The number of rotatable bonds is 1. The molecule has 1 aromatic carbocycles. The maximum absolute atomic E-state index is 4.42. The van der Waals surface area contributed by atoms with Gasteiger partial charge in [-0.05, 0) is 41.2 Å². The molecule has 3 nitrogen and oxygen atoms in total. The van der Waals surface area contributed by atoms with Crippen LogP contribution in [0.5, 0.6) is 0 Å². The van der Waals surface area contributed by atoms with E-state index >= 15 is 0 Å². The first-order valence-electron chi connectivity index (χ1n) is 6.23. The van der Waals surface area contributed by atoms with Crippen molar-refractivity contribution in [2.45, 2.75) is 33.6 Å². The van der Waals surface area contributed by atoms with E-state index in [2.05, 4.69) is 53.5 Å². The van der Waals surface area contributed by atoms with E-state index in [1.54, 1.807) is 0 Å². The number of imidazole rings is 1. The van der Waals surface area contributed by atoms with Gasteiger partial charge in [-0.15, -0.1) is 0 Å². The molecule has 0 saturated carbocycles. The maximum atomic E-state index is 4.42. The van der Waals surface area contributed by atoms with Crippen molar-refractivity contribution in [2.24, 2.45) is 0 Å². The summed E-state index contributed by atoms with van der Waals surface area (Å²) < 4.78 is 2.07. The Labute approximate surface area is 127 Å². The summed E-state index contributed by atoms with van der Waals surface area (Å²) in [4.78, 5) is 8.75. The van der Waals surface area contributed by atoms with Crippen LogP contribution in [-0.2, 0) is 21.1 Å². The predicted octanol–water partition coefficient (Wildman–Crippen LogP) is 3.42. The van der Waals surface area contributed by atoms with Crippen molar-refractivity contribution in [1.82, 2.24) is 14.4 Å². The van der Waals surface area contributed by atoms with Gasteiger partial charge in [-0.1, -0.05) is 38.6 Å². The minimum atomic E-state index is 0. The summed E-state index contributed by atoms with van der Waals surface area (Å²) in [5.74, 6) is 0.512. The number of hydrogen-bond acceptors (Lipinski definition) is 2. The van der Waals surface area contributed by atoms with E-state index < -0.39 is 0 Å². The molecule has 4 heteroatoms. The minimum Gasteiger partial charge on any atom is -0.381 e. The zero-order valence-electron chi connectivity index (χ0n) is 11.6. The molecule has 0 saturated heterocycles. The van der Waals surface area contributed by atoms with Gasteiger partial charge in [-0.2, -0.15) is 0 Å². The van der Waals surface area contributed by atoms with Crippen LogP contribution in [0, 0.1) is 20.0 Å². The molecule has 0 aliphatic rings. The Kier molecular flexibility index (Phi) is 3.77. The van der Waals surface area contributed by atoms with Crippen LogP contribution in [0.2, 0.25) is 0 Å². The molecular weight excluding hydrogens is 406 g/mol. The molecule has 0 aliphatic heterocycles. The van der Waals surface area contributed by atoms with Gasteiger partial charge in [0.25, 0.3) is 0 Å². The molecule has 0 bridgehead atoms. The van der Waals surface area contributed by atoms with Gasteiger partial charge in [0.1, 0.15) is 0 Å². The molecule has 2 heterocycles. The average molecular weight is 422 g/mol. The third-order valence-corrected chi connectivity index (χ3v) is 3.48. The van der Waals surface area contributed by atoms with Crippen LogP contribution in [0.3, 0.4) is 0 Å². The fourth-order valence-electron chi connectivity index (χ4n) is 2.47. The minimum absolute atomic E-state index is 0. The number of benzene rings is 1. The summed E-state index contributed by atoms with van der Waals surface area (Å²) in [6.07, 6.45) is 4.92. The molecule has 0 radical (unpaired) electrons. The van der Waals surface area contributed by atoms with E-state index in [-0.39, 0.29) is 21.1 Å². The smallest absolute Gasteiger partial charge is 0.0834 e. The zero-order valence-corrected chi connectivity index (χ0v) is 14.5. The molecule has 0 amide bonds. The van der Waals surface area contributed by atoms with E-state index in [0.717, 1.165) is 22.2 Å². The van der Waals surface area contributed by atoms with Gasteiger partial charge in [-0.3, -0.25) is 0 Å². The second-order valence-electron chi connectivity index (χ2n) is 5.12. The monoisotopic (exact) mass is 422 g/mol. The Morgan fingerprint density at radius 1 is 1.21 bits per heavy atom. The Hall–Kier alpha value is -1.21. The molecule has 19 heavy (non-hydrogen) atoms. The Morgan fingerprint density at radius 2 is 1.95 bits per heavy atom. The van der Waals surface area contributed by atoms with Crippen LogP contribution in [0.25, 0.3) is 16.6 Å². The van der Waals surface area contributed by atoms with E-state index in [4.69, 9.17) is 0 Å². The summed E-state index contributed by atoms with van der Waals surface area (Å²) in [6, 6.07) is 4.36. The van der Waals surface area contributed by atoms with Crippen LogP contribution >= 0.6 is 0 Å². The average Bonchev–Trinajstić information content (AvgIpc) is 2.70. The Balaban J connectivity index is 0.00000133. The molecule has 0 N–H and O–H groups in total. The molecule has 98 valence electrons. The SMILES string of the molecule is Cc1cc2n[c-]c3c(C)ncn3c2cc1C(C)C.[W]. The van der Waals surface area contributed by atoms with Crippen molar-refractivity contribution in [2.75, 3.05) is 0 Å². The molecular formula is C15H16N3W-. The fraction of sp³-hybridized carbons (Fsp3) is 0.333. The fourth-order valence-corrected chi connectivity index (χ4v) is 2.47. The van der Waals surface area contributed by atoms with E-state index in [9.17, 15) is 0 Å². The van der Waals surface area contributed by atoms with Crippen LogP contribution in [0.4, 0.5) is 0 Å². The zero-order chi connectivity index (χ0) is 12.9. The molecule has 0 spiro atoms. The van der Waals surface area contributed by atoms with Gasteiger partial charge in [0.05, 0.1) is 6.33 Å². The van der Waals surface area contributed by atoms with Gasteiger partial charge >= 0.3 is 0 Å². The summed E-state index contributed by atoms with van der Waals surface area (Å²) >= 11 is 0. The standard InChI is InChI=1S/C15H16N3.W/c1-9(2)12-6-14-13(5-10(12)3)16-7-15-11(4)17-8-18(14)15;/h5-6,8-9H,1-4H3;/q-1;.